The van der Waals surface area contributed by atoms with Gasteiger partial charge in [-0.1, -0.05) is 0 Å². The number of likely N-dealkylation sites (tertiary alicyclic amines) is 1. The van der Waals surface area contributed by atoms with Gasteiger partial charge >= 0.3 is 6.09 Å². The van der Waals surface area contributed by atoms with E-state index in [1.54, 1.807) is 39.3 Å². The van der Waals surface area contributed by atoms with E-state index in [0.29, 0.717) is 23.3 Å². The predicted molar refractivity (Wildman–Crippen MR) is 136 cm³/mol. The minimum absolute atomic E-state index is 0.0633. The number of rotatable bonds is 5. The highest BCUT2D eigenvalue weighted by Crippen LogP contribution is 2.35. The van der Waals surface area contributed by atoms with Crippen LogP contribution in [0.4, 0.5) is 13.6 Å². The summed E-state index contributed by atoms with van der Waals surface area (Å²) in [5.74, 6) is -3.28. The molecule has 194 valence electrons. The molecule has 0 unspecified atom stereocenters. The molecule has 1 N–H and O–H groups in total. The number of hydrogen-bond donors (Lipinski definition) is 1. The molecule has 0 saturated carbocycles. The van der Waals surface area contributed by atoms with Crippen molar-refractivity contribution in [2.75, 3.05) is 13.1 Å². The summed E-state index contributed by atoms with van der Waals surface area (Å²) in [7, 11) is 0. The molecule has 0 bridgehead atoms. The molecule has 3 aromatic rings. The first-order valence-electron chi connectivity index (χ1n) is 11.6. The molecule has 36 heavy (non-hydrogen) atoms. The minimum atomic E-state index is -3.30. The molecule has 2 aromatic heterocycles. The van der Waals surface area contributed by atoms with Crippen LogP contribution in [0.15, 0.2) is 23.7 Å². The smallest absolute Gasteiger partial charge is 0.410 e. The van der Waals surface area contributed by atoms with Crippen molar-refractivity contribution in [3.8, 4) is 5.75 Å². The number of hydrogen-bond acceptors (Lipinski definition) is 7. The zero-order chi connectivity index (χ0) is 26.3. The van der Waals surface area contributed by atoms with Gasteiger partial charge in [-0.05, 0) is 59.2 Å². The summed E-state index contributed by atoms with van der Waals surface area (Å²) in [6, 6.07) is 4.07. The normalized spacial score (nSPS) is 17.8. The molecule has 1 aromatic carbocycles. The van der Waals surface area contributed by atoms with Crippen LogP contribution in [0.3, 0.4) is 0 Å². The number of amides is 2. The number of alkyl halides is 2. The lowest BCUT2D eigenvalue weighted by atomic mass is 10.00. The van der Waals surface area contributed by atoms with Crippen LogP contribution >= 0.6 is 22.7 Å². The molecule has 1 aliphatic heterocycles. The fourth-order valence-electron chi connectivity index (χ4n) is 4.02. The second-order valence-corrected chi connectivity index (χ2v) is 12.0. The van der Waals surface area contributed by atoms with E-state index in [9.17, 15) is 18.4 Å². The Hall–Kier alpha value is -2.79. The molecule has 3 heterocycles. The van der Waals surface area contributed by atoms with Crippen LogP contribution < -0.4 is 10.1 Å². The zero-order valence-corrected chi connectivity index (χ0v) is 22.4. The van der Waals surface area contributed by atoms with E-state index >= 15 is 0 Å². The van der Waals surface area contributed by atoms with E-state index in [-0.39, 0.29) is 13.0 Å². The van der Waals surface area contributed by atoms with Crippen LogP contribution in [-0.2, 0) is 11.3 Å². The van der Waals surface area contributed by atoms with Gasteiger partial charge in [-0.3, -0.25) is 4.79 Å². The summed E-state index contributed by atoms with van der Waals surface area (Å²) in [6.07, 6.45) is -0.866. The molecular formula is C25H29F2N3O4S2. The second kappa shape index (κ2) is 9.93. The van der Waals surface area contributed by atoms with Gasteiger partial charge in [-0.25, -0.2) is 18.6 Å². The van der Waals surface area contributed by atoms with Gasteiger partial charge in [0.1, 0.15) is 18.0 Å². The van der Waals surface area contributed by atoms with Gasteiger partial charge in [0, 0.05) is 21.5 Å². The number of carbonyl (C=O) groups excluding carboxylic acids is 2. The fourth-order valence-corrected chi connectivity index (χ4v) is 5.74. The Morgan fingerprint density at radius 3 is 2.67 bits per heavy atom. The standard InChI is InChI=1S/C25H29F2N3O4S2/c1-14-19(35-13-28-14)11-33-16-6-7-18-17(10-16)21(15(2)36-18)22(31)29-20-8-9-30(12-25(20,26)27)23(32)34-24(3,4)5/h6-7,10,13,20H,8-9,11-12H2,1-5H3,(H,29,31)/t20-/m0/s1. The third-order valence-corrected chi connectivity index (χ3v) is 7.83. The van der Waals surface area contributed by atoms with Crippen molar-refractivity contribution < 1.29 is 27.8 Å². The largest absolute Gasteiger partial charge is 0.488 e. The average molecular weight is 538 g/mol. The fraction of sp³-hybridized carbons (Fsp3) is 0.480. The summed E-state index contributed by atoms with van der Waals surface area (Å²) in [5.41, 5.74) is 2.25. The van der Waals surface area contributed by atoms with E-state index in [0.717, 1.165) is 25.0 Å². The molecule has 7 nitrogen and oxygen atoms in total. The molecule has 4 rings (SSSR count). The lowest BCUT2D eigenvalue weighted by molar-refractivity contribution is -0.0889. The maximum Gasteiger partial charge on any atom is 0.410 e. The summed E-state index contributed by atoms with van der Waals surface area (Å²) >= 11 is 2.93. The van der Waals surface area contributed by atoms with Crippen molar-refractivity contribution in [1.82, 2.24) is 15.2 Å². The van der Waals surface area contributed by atoms with E-state index in [1.165, 1.54) is 22.7 Å². The predicted octanol–water partition coefficient (Wildman–Crippen LogP) is 5.93. The maximum absolute atomic E-state index is 15.0. The minimum Gasteiger partial charge on any atom is -0.488 e. The number of carbonyl (C=O) groups is 2. The van der Waals surface area contributed by atoms with E-state index in [1.807, 2.05) is 19.1 Å². The lowest BCUT2D eigenvalue weighted by Gasteiger charge is -2.39. The highest BCUT2D eigenvalue weighted by Gasteiger charge is 2.47. The molecule has 0 aliphatic carbocycles. The maximum atomic E-state index is 15.0. The summed E-state index contributed by atoms with van der Waals surface area (Å²) < 4.78 is 41.9. The number of thiazole rings is 1. The quantitative estimate of drug-likeness (QED) is 0.437. The third kappa shape index (κ3) is 5.78. The number of halogens is 2. The van der Waals surface area contributed by atoms with Crippen molar-refractivity contribution in [3.05, 3.63) is 44.7 Å². The molecule has 0 spiro atoms. The highest BCUT2D eigenvalue weighted by atomic mass is 32.1. The number of nitrogens with zero attached hydrogens (tertiary/aromatic N) is 2. The number of aromatic nitrogens is 1. The first-order valence-corrected chi connectivity index (χ1v) is 13.3. The zero-order valence-electron chi connectivity index (χ0n) is 20.8. The Labute approximate surface area is 216 Å². The molecule has 0 radical (unpaired) electrons. The van der Waals surface area contributed by atoms with Gasteiger partial charge in [0.2, 0.25) is 0 Å². The van der Waals surface area contributed by atoms with Gasteiger partial charge in [-0.2, -0.15) is 0 Å². The number of thiophene rings is 1. The molecule has 1 fully saturated rings. The van der Waals surface area contributed by atoms with E-state index in [4.69, 9.17) is 9.47 Å². The van der Waals surface area contributed by atoms with Crippen LogP contribution in [0.5, 0.6) is 5.75 Å². The van der Waals surface area contributed by atoms with Gasteiger partial charge < -0.3 is 19.7 Å². The number of piperidine rings is 1. The third-order valence-electron chi connectivity index (χ3n) is 5.83. The molecule has 1 saturated heterocycles. The number of benzene rings is 1. The molecule has 1 atom stereocenters. The molecule has 1 aliphatic rings. The molecule has 11 heteroatoms. The Kier molecular flexibility index (Phi) is 7.25. The lowest BCUT2D eigenvalue weighted by Crippen LogP contribution is -2.59. The van der Waals surface area contributed by atoms with Crippen molar-refractivity contribution in [2.45, 2.75) is 65.2 Å². The molecule has 2 amide bonds. The topological polar surface area (TPSA) is 80.8 Å². The SMILES string of the molecule is Cc1ncsc1COc1ccc2sc(C)c(C(=O)N[C@H]3CCN(C(=O)OC(C)(C)C)CC3(F)F)c2c1. The van der Waals surface area contributed by atoms with Crippen LogP contribution in [0.2, 0.25) is 0 Å². The van der Waals surface area contributed by atoms with Crippen LogP contribution in [0.1, 0.15) is 53.0 Å². The van der Waals surface area contributed by atoms with E-state index in [2.05, 4.69) is 10.3 Å². The van der Waals surface area contributed by atoms with Gasteiger partial charge in [-0.15, -0.1) is 22.7 Å². The first-order chi connectivity index (χ1) is 16.8. The highest BCUT2D eigenvalue weighted by molar-refractivity contribution is 7.19. The Morgan fingerprint density at radius 2 is 2.03 bits per heavy atom. The van der Waals surface area contributed by atoms with Gasteiger partial charge in [0.25, 0.3) is 11.8 Å². The van der Waals surface area contributed by atoms with Crippen molar-refractivity contribution in [3.63, 3.8) is 0 Å². The van der Waals surface area contributed by atoms with E-state index < -0.39 is 36.1 Å². The number of ether oxygens (including phenoxy) is 2. The second-order valence-electron chi connectivity index (χ2n) is 9.82. The summed E-state index contributed by atoms with van der Waals surface area (Å²) in [4.78, 5) is 32.4. The van der Waals surface area contributed by atoms with Crippen LogP contribution in [-0.4, -0.2) is 52.5 Å². The van der Waals surface area contributed by atoms with Crippen molar-refractivity contribution >= 4 is 44.8 Å². The number of aryl methyl sites for hydroxylation is 2. The van der Waals surface area contributed by atoms with Crippen molar-refractivity contribution in [1.29, 1.82) is 0 Å². The van der Waals surface area contributed by atoms with Crippen molar-refractivity contribution in [2.24, 2.45) is 0 Å². The average Bonchev–Trinajstić information content (AvgIpc) is 3.33. The molecular weight excluding hydrogens is 508 g/mol. The first kappa shape index (κ1) is 26.3. The van der Waals surface area contributed by atoms with Crippen LogP contribution in [0.25, 0.3) is 10.1 Å². The Bertz CT molecular complexity index is 1280. The Morgan fingerprint density at radius 1 is 1.28 bits per heavy atom. The summed E-state index contributed by atoms with van der Waals surface area (Å²) in [6.45, 7) is 8.36. The van der Waals surface area contributed by atoms with Gasteiger partial charge in [0.05, 0.1) is 34.2 Å². The Balaban J connectivity index is 1.48. The monoisotopic (exact) mass is 537 g/mol. The number of fused-ring (bicyclic) bond motifs is 1. The number of nitrogens with one attached hydrogen (secondary N) is 1. The van der Waals surface area contributed by atoms with Crippen LogP contribution in [0, 0.1) is 13.8 Å². The summed E-state index contributed by atoms with van der Waals surface area (Å²) in [5, 5.41) is 3.18. The van der Waals surface area contributed by atoms with Gasteiger partial charge in [0.15, 0.2) is 0 Å².